The molecule has 3 aromatic rings. The maximum absolute atomic E-state index is 12.9. The summed E-state index contributed by atoms with van der Waals surface area (Å²) in [4.78, 5) is 24.0. The molecule has 35 heavy (non-hydrogen) atoms. The highest BCUT2D eigenvalue weighted by molar-refractivity contribution is 5.84. The van der Waals surface area contributed by atoms with Crippen LogP contribution < -0.4 is 15.3 Å². The summed E-state index contributed by atoms with van der Waals surface area (Å²) < 4.78 is 53.9. The minimum absolute atomic E-state index is 0.000811. The van der Waals surface area contributed by atoms with Gasteiger partial charge >= 0.3 is 11.9 Å². The van der Waals surface area contributed by atoms with Gasteiger partial charge in [-0.1, -0.05) is 0 Å². The summed E-state index contributed by atoms with van der Waals surface area (Å²) in [5.74, 6) is 1.66. The molecule has 2 fully saturated rings. The Hall–Kier alpha value is -3.08. The van der Waals surface area contributed by atoms with Crippen molar-refractivity contribution >= 4 is 17.0 Å². The van der Waals surface area contributed by atoms with Crippen molar-refractivity contribution in [1.82, 2.24) is 19.1 Å². The van der Waals surface area contributed by atoms with E-state index in [1.54, 1.807) is 7.05 Å². The van der Waals surface area contributed by atoms with E-state index in [-0.39, 0.29) is 23.9 Å². The van der Waals surface area contributed by atoms with Crippen LogP contribution in [0.1, 0.15) is 37.6 Å². The highest BCUT2D eigenvalue weighted by Gasteiger charge is 2.35. The second kappa shape index (κ2) is 8.85. The average Bonchev–Trinajstić information content (AvgIpc) is 3.51. The number of aromatic nitrogens is 4. The van der Waals surface area contributed by atoms with Gasteiger partial charge in [-0.25, -0.2) is 9.78 Å². The quantitative estimate of drug-likeness (QED) is 0.542. The van der Waals surface area contributed by atoms with Crippen molar-refractivity contribution in [2.45, 2.75) is 64.1 Å². The summed E-state index contributed by atoms with van der Waals surface area (Å²) in [6.07, 6.45) is -1.94. The largest absolute Gasteiger partial charge is 0.489 e. The molecule has 0 amide bonds. The SMILES string of the molecule is Cc1nc2c(N3C[C@@H](Oc4ccc(C(F)(F)F)cc4)C[C@@H]3C)nc(=O)n(C)c2n1C[C@@H]1CCCO1. The first-order chi connectivity index (χ1) is 16.6. The molecule has 0 unspecified atom stereocenters. The molecule has 0 N–H and O–H groups in total. The van der Waals surface area contributed by atoms with E-state index in [9.17, 15) is 18.0 Å². The van der Waals surface area contributed by atoms with Crippen molar-refractivity contribution in [2.75, 3.05) is 18.1 Å². The first kappa shape index (κ1) is 23.7. The summed E-state index contributed by atoms with van der Waals surface area (Å²) in [7, 11) is 1.69. The summed E-state index contributed by atoms with van der Waals surface area (Å²) in [6, 6.07) is 4.70. The Labute approximate surface area is 200 Å². The molecule has 0 aliphatic carbocycles. The van der Waals surface area contributed by atoms with Crippen molar-refractivity contribution in [3.05, 3.63) is 46.1 Å². The van der Waals surface area contributed by atoms with Crippen LogP contribution in [-0.2, 0) is 24.5 Å². The van der Waals surface area contributed by atoms with Crippen molar-refractivity contribution in [1.29, 1.82) is 0 Å². The molecule has 8 nitrogen and oxygen atoms in total. The summed E-state index contributed by atoms with van der Waals surface area (Å²) >= 11 is 0. The fourth-order valence-corrected chi connectivity index (χ4v) is 5.04. The molecule has 0 bridgehead atoms. The number of rotatable bonds is 5. The number of hydrogen-bond acceptors (Lipinski definition) is 6. The van der Waals surface area contributed by atoms with Gasteiger partial charge < -0.3 is 18.9 Å². The average molecular weight is 492 g/mol. The molecule has 1 aromatic carbocycles. The highest BCUT2D eigenvalue weighted by Crippen LogP contribution is 2.33. The van der Waals surface area contributed by atoms with Crippen LogP contribution in [0.2, 0.25) is 0 Å². The second-order valence-corrected chi connectivity index (χ2v) is 9.35. The Balaban J connectivity index is 1.42. The van der Waals surface area contributed by atoms with Gasteiger partial charge in [-0.3, -0.25) is 4.57 Å². The maximum atomic E-state index is 12.9. The van der Waals surface area contributed by atoms with Crippen LogP contribution >= 0.6 is 0 Å². The van der Waals surface area contributed by atoms with Crippen LogP contribution in [0.15, 0.2) is 29.1 Å². The zero-order valence-electron chi connectivity index (χ0n) is 19.9. The Bertz CT molecular complexity index is 1280. The number of fused-ring (bicyclic) bond motifs is 1. The van der Waals surface area contributed by atoms with Crippen molar-refractivity contribution in [3.8, 4) is 5.75 Å². The van der Waals surface area contributed by atoms with Crippen LogP contribution in [0.25, 0.3) is 11.2 Å². The third-order valence-electron chi connectivity index (χ3n) is 6.85. The molecule has 188 valence electrons. The van der Waals surface area contributed by atoms with E-state index < -0.39 is 11.7 Å². The van der Waals surface area contributed by atoms with Gasteiger partial charge in [-0.15, -0.1) is 0 Å². The first-order valence-corrected chi connectivity index (χ1v) is 11.8. The van der Waals surface area contributed by atoms with Crippen molar-refractivity contribution in [2.24, 2.45) is 7.05 Å². The number of imidazole rings is 1. The number of hydrogen-bond donors (Lipinski definition) is 0. The van der Waals surface area contributed by atoms with Gasteiger partial charge in [0.1, 0.15) is 28.8 Å². The third kappa shape index (κ3) is 4.49. The Morgan fingerprint density at radius 2 is 1.94 bits per heavy atom. The van der Waals surface area contributed by atoms with Gasteiger partial charge in [0.15, 0.2) is 5.82 Å². The molecule has 0 radical (unpaired) electrons. The van der Waals surface area contributed by atoms with Gasteiger partial charge in [-0.2, -0.15) is 18.2 Å². The molecule has 5 rings (SSSR count). The minimum Gasteiger partial charge on any atom is -0.489 e. The standard InChI is InChI=1S/C24H28F3N5O3/c1-14-11-19(35-17-8-6-16(7-9-17)24(25,26)27)13-31(14)21-20-22(30(3)23(33)29-21)32(15(2)28-20)12-18-5-4-10-34-18/h6-9,14,18-19H,4-5,10-13H2,1-3H3/t14-,18-,19-/m0/s1. The van der Waals surface area contributed by atoms with E-state index in [0.29, 0.717) is 42.2 Å². The summed E-state index contributed by atoms with van der Waals surface area (Å²) in [6.45, 7) is 5.72. The van der Waals surface area contributed by atoms with Gasteiger partial charge in [0, 0.05) is 26.1 Å². The number of nitrogens with zero attached hydrogens (tertiary/aromatic N) is 5. The highest BCUT2D eigenvalue weighted by atomic mass is 19.4. The molecule has 3 atom stereocenters. The third-order valence-corrected chi connectivity index (χ3v) is 6.85. The molecular weight excluding hydrogens is 463 g/mol. The van der Waals surface area contributed by atoms with Crippen LogP contribution in [-0.4, -0.2) is 50.5 Å². The predicted molar refractivity (Wildman–Crippen MR) is 124 cm³/mol. The van der Waals surface area contributed by atoms with Gasteiger partial charge in [-0.05, 0) is 51.0 Å². The number of benzene rings is 1. The lowest BCUT2D eigenvalue weighted by atomic mass is 10.2. The lowest BCUT2D eigenvalue weighted by molar-refractivity contribution is -0.137. The topological polar surface area (TPSA) is 74.4 Å². The summed E-state index contributed by atoms with van der Waals surface area (Å²) in [5, 5.41) is 0. The van der Waals surface area contributed by atoms with Gasteiger partial charge in [0.05, 0.1) is 24.8 Å². The molecule has 2 saturated heterocycles. The van der Waals surface area contributed by atoms with E-state index in [2.05, 4.69) is 4.98 Å². The Morgan fingerprint density at radius 3 is 2.60 bits per heavy atom. The van der Waals surface area contributed by atoms with Gasteiger partial charge in [0.25, 0.3) is 0 Å². The molecule has 4 heterocycles. The fourth-order valence-electron chi connectivity index (χ4n) is 5.04. The van der Waals surface area contributed by atoms with Crippen LogP contribution in [0.3, 0.4) is 0 Å². The molecule has 2 aromatic heterocycles. The second-order valence-electron chi connectivity index (χ2n) is 9.35. The fraction of sp³-hybridized carbons (Fsp3) is 0.542. The zero-order chi connectivity index (χ0) is 24.9. The number of aryl methyl sites for hydroxylation is 2. The van der Waals surface area contributed by atoms with E-state index >= 15 is 0 Å². The maximum Gasteiger partial charge on any atom is 0.416 e. The molecule has 11 heteroatoms. The molecular formula is C24H28F3N5O3. The van der Waals surface area contributed by atoms with Crippen LogP contribution in [0.4, 0.5) is 19.0 Å². The van der Waals surface area contributed by atoms with E-state index in [4.69, 9.17) is 14.5 Å². The molecule has 0 spiro atoms. The molecule has 0 saturated carbocycles. The number of alkyl halides is 3. The van der Waals surface area contributed by atoms with E-state index in [1.165, 1.54) is 16.7 Å². The smallest absolute Gasteiger partial charge is 0.416 e. The summed E-state index contributed by atoms with van der Waals surface area (Å²) in [5.41, 5.74) is 0.254. The minimum atomic E-state index is -4.39. The predicted octanol–water partition coefficient (Wildman–Crippen LogP) is 3.68. The zero-order valence-corrected chi connectivity index (χ0v) is 19.9. The van der Waals surface area contributed by atoms with Crippen molar-refractivity contribution < 1.29 is 22.6 Å². The number of ether oxygens (including phenoxy) is 2. The first-order valence-electron chi connectivity index (χ1n) is 11.8. The Morgan fingerprint density at radius 1 is 1.20 bits per heavy atom. The van der Waals surface area contributed by atoms with Gasteiger partial charge in [0.2, 0.25) is 0 Å². The number of halogens is 3. The van der Waals surface area contributed by atoms with Crippen LogP contribution in [0, 0.1) is 6.92 Å². The normalized spacial score (nSPS) is 22.9. The number of anilines is 1. The Kier molecular flexibility index (Phi) is 5.98. The van der Waals surface area contributed by atoms with E-state index in [0.717, 1.165) is 37.4 Å². The molecule has 2 aliphatic heterocycles. The molecule has 2 aliphatic rings. The lowest BCUT2D eigenvalue weighted by Gasteiger charge is -2.23. The van der Waals surface area contributed by atoms with Crippen molar-refractivity contribution in [3.63, 3.8) is 0 Å². The lowest BCUT2D eigenvalue weighted by Crippen LogP contribution is -2.33. The van der Waals surface area contributed by atoms with Crippen LogP contribution in [0.5, 0.6) is 5.75 Å². The van der Waals surface area contributed by atoms with E-state index in [1.807, 2.05) is 23.3 Å². The monoisotopic (exact) mass is 491 g/mol.